The summed E-state index contributed by atoms with van der Waals surface area (Å²) in [6.07, 6.45) is 3.94. The Morgan fingerprint density at radius 1 is 1.23 bits per heavy atom. The fraction of sp³-hybridized carbons (Fsp3) is 0.381. The van der Waals surface area contributed by atoms with Gasteiger partial charge in [-0.1, -0.05) is 30.3 Å². The molecule has 0 spiro atoms. The van der Waals surface area contributed by atoms with E-state index in [1.165, 1.54) is 11.8 Å². The van der Waals surface area contributed by atoms with Gasteiger partial charge in [0.15, 0.2) is 5.16 Å². The maximum atomic E-state index is 12.4. The van der Waals surface area contributed by atoms with E-state index in [4.69, 9.17) is 16.0 Å². The Morgan fingerprint density at radius 3 is 2.70 bits per heavy atom. The maximum absolute atomic E-state index is 12.4. The minimum Gasteiger partial charge on any atom is -0.467 e. The Kier molecular flexibility index (Phi) is 6.64. The van der Waals surface area contributed by atoms with Gasteiger partial charge in [-0.25, -0.2) is 0 Å². The van der Waals surface area contributed by atoms with E-state index in [1.807, 2.05) is 16.7 Å². The number of hydrogen-bond donors (Lipinski definition) is 1. The molecule has 1 N–H and O–H groups in total. The number of aromatic nitrogens is 3. The summed E-state index contributed by atoms with van der Waals surface area (Å²) in [5.74, 6) is 2.51. The number of furan rings is 1. The molecule has 2 aromatic heterocycles. The summed E-state index contributed by atoms with van der Waals surface area (Å²) < 4.78 is 7.58. The average Bonchev–Trinajstić information content (AvgIpc) is 3.39. The zero-order valence-electron chi connectivity index (χ0n) is 16.8. The smallest absolute Gasteiger partial charge is 0.234 e. The number of rotatable bonds is 7. The van der Waals surface area contributed by atoms with Gasteiger partial charge in [-0.05, 0) is 55.2 Å². The molecule has 0 unspecified atom stereocenters. The molecule has 3 aromatic rings. The van der Waals surface area contributed by atoms with Crippen molar-refractivity contribution in [2.24, 2.45) is 5.92 Å². The second kappa shape index (κ2) is 9.57. The molecule has 30 heavy (non-hydrogen) atoms. The first-order valence-corrected chi connectivity index (χ1v) is 11.3. The van der Waals surface area contributed by atoms with Crippen LogP contribution in [-0.4, -0.2) is 39.5 Å². The zero-order valence-corrected chi connectivity index (χ0v) is 18.3. The molecule has 1 aliphatic rings. The van der Waals surface area contributed by atoms with Gasteiger partial charge in [0.1, 0.15) is 5.76 Å². The van der Waals surface area contributed by atoms with E-state index in [0.717, 1.165) is 43.6 Å². The number of hydrogen-bond acceptors (Lipinski definition) is 6. The number of anilines is 2. The van der Waals surface area contributed by atoms with Crippen LogP contribution in [0.5, 0.6) is 0 Å². The van der Waals surface area contributed by atoms with Gasteiger partial charge < -0.3 is 14.6 Å². The molecule has 1 amide bonds. The lowest BCUT2D eigenvalue weighted by Crippen LogP contribution is -2.35. The number of nitrogens with zero attached hydrogens (tertiary/aromatic N) is 4. The standard InChI is InChI=1S/C21H24ClN5O2S/c1-15-8-10-26(11-9-15)20-24-25-21(27(20)13-18-3-2-12-29-18)30-14-19(28)23-17-6-4-16(22)5-7-17/h2-7,12,15H,8-11,13-14H2,1H3,(H,23,28). The molecule has 4 rings (SSSR count). The third-order valence-electron chi connectivity index (χ3n) is 5.12. The van der Waals surface area contributed by atoms with Crippen molar-refractivity contribution in [3.8, 4) is 0 Å². The van der Waals surface area contributed by atoms with Crippen molar-refractivity contribution in [3.63, 3.8) is 0 Å². The van der Waals surface area contributed by atoms with Crippen molar-refractivity contribution in [1.82, 2.24) is 14.8 Å². The van der Waals surface area contributed by atoms with Gasteiger partial charge in [-0.15, -0.1) is 10.2 Å². The summed E-state index contributed by atoms with van der Waals surface area (Å²) in [6, 6.07) is 10.9. The summed E-state index contributed by atoms with van der Waals surface area (Å²) in [4.78, 5) is 14.7. The third-order valence-corrected chi connectivity index (χ3v) is 6.34. The van der Waals surface area contributed by atoms with Crippen LogP contribution in [0.15, 0.2) is 52.2 Å². The van der Waals surface area contributed by atoms with Gasteiger partial charge in [-0.3, -0.25) is 9.36 Å². The Hall–Kier alpha value is -2.45. The number of thioether (sulfide) groups is 1. The first-order chi connectivity index (χ1) is 14.6. The molecular formula is C21H24ClN5O2S. The molecule has 0 radical (unpaired) electrons. The van der Waals surface area contributed by atoms with Gasteiger partial charge in [-0.2, -0.15) is 0 Å². The van der Waals surface area contributed by atoms with E-state index in [9.17, 15) is 4.79 Å². The predicted molar refractivity (Wildman–Crippen MR) is 119 cm³/mol. The number of amides is 1. The van der Waals surface area contributed by atoms with Crippen molar-refractivity contribution in [2.45, 2.75) is 31.5 Å². The van der Waals surface area contributed by atoms with Gasteiger partial charge in [0.2, 0.25) is 11.9 Å². The highest BCUT2D eigenvalue weighted by Gasteiger charge is 2.23. The summed E-state index contributed by atoms with van der Waals surface area (Å²) >= 11 is 7.26. The van der Waals surface area contributed by atoms with Gasteiger partial charge in [0.05, 0.1) is 18.6 Å². The van der Waals surface area contributed by atoms with Crippen LogP contribution in [0.4, 0.5) is 11.6 Å². The van der Waals surface area contributed by atoms with Crippen LogP contribution in [0.25, 0.3) is 0 Å². The predicted octanol–water partition coefficient (Wildman–Crippen LogP) is 4.54. The fourth-order valence-corrected chi connectivity index (χ4v) is 4.25. The van der Waals surface area contributed by atoms with Gasteiger partial charge >= 0.3 is 0 Å². The van der Waals surface area contributed by atoms with E-state index < -0.39 is 0 Å². The van der Waals surface area contributed by atoms with Crippen molar-refractivity contribution >= 4 is 40.9 Å². The molecule has 1 aromatic carbocycles. The third kappa shape index (κ3) is 5.17. The summed E-state index contributed by atoms with van der Waals surface area (Å²) in [5, 5.41) is 13.0. The number of benzene rings is 1. The Morgan fingerprint density at radius 2 is 2.00 bits per heavy atom. The topological polar surface area (TPSA) is 76.2 Å². The van der Waals surface area contributed by atoms with Crippen LogP contribution in [0.2, 0.25) is 5.02 Å². The highest BCUT2D eigenvalue weighted by Crippen LogP contribution is 2.27. The van der Waals surface area contributed by atoms with Crippen molar-refractivity contribution in [3.05, 3.63) is 53.4 Å². The molecule has 9 heteroatoms. The van der Waals surface area contributed by atoms with Gasteiger partial charge in [0.25, 0.3) is 0 Å². The van der Waals surface area contributed by atoms with E-state index in [1.54, 1.807) is 30.5 Å². The fourth-order valence-electron chi connectivity index (χ4n) is 3.39. The number of carbonyl (C=O) groups is 1. The molecule has 7 nitrogen and oxygen atoms in total. The van der Waals surface area contributed by atoms with Crippen molar-refractivity contribution in [2.75, 3.05) is 29.1 Å². The number of carbonyl (C=O) groups excluding carboxylic acids is 1. The first-order valence-electron chi connectivity index (χ1n) is 9.97. The van der Waals surface area contributed by atoms with Crippen LogP contribution < -0.4 is 10.2 Å². The zero-order chi connectivity index (χ0) is 20.9. The monoisotopic (exact) mass is 445 g/mol. The Labute approximate surface area is 184 Å². The minimum atomic E-state index is -0.108. The Balaban J connectivity index is 1.46. The number of nitrogens with one attached hydrogen (secondary N) is 1. The summed E-state index contributed by atoms with van der Waals surface area (Å²) in [7, 11) is 0. The lowest BCUT2D eigenvalue weighted by molar-refractivity contribution is -0.113. The van der Waals surface area contributed by atoms with E-state index in [2.05, 4.69) is 27.3 Å². The lowest BCUT2D eigenvalue weighted by atomic mass is 10.00. The van der Waals surface area contributed by atoms with E-state index in [-0.39, 0.29) is 11.7 Å². The largest absolute Gasteiger partial charge is 0.467 e. The average molecular weight is 446 g/mol. The molecular weight excluding hydrogens is 422 g/mol. The van der Waals surface area contributed by atoms with Crippen LogP contribution in [0.3, 0.4) is 0 Å². The lowest BCUT2D eigenvalue weighted by Gasteiger charge is -2.31. The van der Waals surface area contributed by atoms with Crippen LogP contribution in [0, 0.1) is 5.92 Å². The molecule has 3 heterocycles. The normalized spacial score (nSPS) is 14.8. The molecule has 1 saturated heterocycles. The number of piperidine rings is 1. The quantitative estimate of drug-likeness (QED) is 0.538. The summed E-state index contributed by atoms with van der Waals surface area (Å²) in [5.41, 5.74) is 0.713. The number of halogens is 1. The second-order valence-electron chi connectivity index (χ2n) is 7.46. The molecule has 0 saturated carbocycles. The van der Waals surface area contributed by atoms with Crippen molar-refractivity contribution < 1.29 is 9.21 Å². The first kappa shape index (κ1) is 20.8. The van der Waals surface area contributed by atoms with Crippen LogP contribution in [-0.2, 0) is 11.3 Å². The molecule has 0 atom stereocenters. The van der Waals surface area contributed by atoms with E-state index in [0.29, 0.717) is 22.4 Å². The highest BCUT2D eigenvalue weighted by molar-refractivity contribution is 7.99. The second-order valence-corrected chi connectivity index (χ2v) is 8.84. The van der Waals surface area contributed by atoms with Gasteiger partial charge in [0, 0.05) is 23.8 Å². The minimum absolute atomic E-state index is 0.108. The molecule has 1 fully saturated rings. The molecule has 0 aliphatic carbocycles. The molecule has 0 bridgehead atoms. The molecule has 1 aliphatic heterocycles. The SMILES string of the molecule is CC1CCN(c2nnc(SCC(=O)Nc3ccc(Cl)cc3)n2Cc2ccco2)CC1. The highest BCUT2D eigenvalue weighted by atomic mass is 35.5. The Bertz CT molecular complexity index is 966. The maximum Gasteiger partial charge on any atom is 0.234 e. The molecule has 158 valence electrons. The summed E-state index contributed by atoms with van der Waals surface area (Å²) in [6.45, 7) is 4.73. The van der Waals surface area contributed by atoms with Crippen LogP contribution >= 0.6 is 23.4 Å². The van der Waals surface area contributed by atoms with E-state index >= 15 is 0 Å². The van der Waals surface area contributed by atoms with Crippen LogP contribution in [0.1, 0.15) is 25.5 Å². The van der Waals surface area contributed by atoms with Crippen molar-refractivity contribution in [1.29, 1.82) is 0 Å².